The second-order valence-electron chi connectivity index (χ2n) is 5.21. The number of carbonyl (C=O) groups is 1. The molecule has 2 fully saturated rings. The summed E-state index contributed by atoms with van der Waals surface area (Å²) in [5, 5.41) is 7.55. The van der Waals surface area contributed by atoms with E-state index in [0.29, 0.717) is 12.6 Å². The smallest absolute Gasteiger partial charge is 0.238 e. The molecule has 1 saturated carbocycles. The highest BCUT2D eigenvalue weighted by Crippen LogP contribution is 2.35. The van der Waals surface area contributed by atoms with Gasteiger partial charge in [-0.05, 0) is 47.6 Å². The third-order valence-corrected chi connectivity index (χ3v) is 4.63. The van der Waals surface area contributed by atoms with E-state index >= 15 is 0 Å². The Kier molecular flexibility index (Phi) is 2.92. The Morgan fingerprint density at radius 1 is 1.47 bits per heavy atom. The summed E-state index contributed by atoms with van der Waals surface area (Å²) in [5.74, 6) is 1.02. The minimum absolute atomic E-state index is 0.115. The summed E-state index contributed by atoms with van der Waals surface area (Å²) in [7, 11) is 0. The van der Waals surface area contributed by atoms with Gasteiger partial charge in [0, 0.05) is 6.04 Å². The van der Waals surface area contributed by atoms with E-state index in [1.165, 1.54) is 12.0 Å². The molecule has 3 atom stereocenters. The van der Waals surface area contributed by atoms with Gasteiger partial charge < -0.3 is 4.90 Å². The Morgan fingerprint density at radius 3 is 3.00 bits per heavy atom. The molecule has 1 aliphatic carbocycles. The minimum Gasteiger partial charge on any atom is -0.319 e. The van der Waals surface area contributed by atoms with Gasteiger partial charge in [-0.15, -0.1) is 0 Å². The fourth-order valence-electron chi connectivity index (χ4n) is 3.07. The highest BCUT2D eigenvalue weighted by Gasteiger charge is 2.39. The summed E-state index contributed by atoms with van der Waals surface area (Å²) in [5.41, 5.74) is 1.24. The van der Waals surface area contributed by atoms with Gasteiger partial charge in [-0.25, -0.2) is 0 Å². The Morgan fingerprint density at radius 2 is 2.35 bits per heavy atom. The first kappa shape index (κ1) is 11.2. The molecule has 92 valence electrons. The van der Waals surface area contributed by atoms with Gasteiger partial charge >= 0.3 is 0 Å². The third kappa shape index (κ3) is 2.00. The van der Waals surface area contributed by atoms with Gasteiger partial charge in [0.2, 0.25) is 5.91 Å². The third-order valence-electron chi connectivity index (χ3n) is 3.93. The van der Waals surface area contributed by atoms with Crippen molar-refractivity contribution in [3.63, 3.8) is 0 Å². The number of nitrogens with one attached hydrogen (secondary N) is 1. The van der Waals surface area contributed by atoms with Crippen molar-refractivity contribution in [3.8, 4) is 0 Å². The van der Waals surface area contributed by atoms with E-state index in [-0.39, 0.29) is 12.1 Å². The number of rotatable bonds is 2. The summed E-state index contributed by atoms with van der Waals surface area (Å²) in [6.07, 6.45) is 3.69. The first-order valence-electron chi connectivity index (χ1n) is 6.32. The zero-order valence-corrected chi connectivity index (χ0v) is 10.9. The maximum atomic E-state index is 12.0. The molecule has 1 aromatic heterocycles. The number of hydrogen-bond acceptors (Lipinski definition) is 3. The Bertz CT molecular complexity index is 404. The lowest BCUT2D eigenvalue weighted by Crippen LogP contribution is -2.38. The number of carbonyl (C=O) groups excluding carboxylic acids is 1. The molecule has 17 heavy (non-hydrogen) atoms. The van der Waals surface area contributed by atoms with Crippen LogP contribution in [0.5, 0.6) is 0 Å². The van der Waals surface area contributed by atoms with Crippen LogP contribution in [0.15, 0.2) is 16.8 Å². The Hall–Kier alpha value is -0.870. The molecule has 1 aliphatic heterocycles. The van der Waals surface area contributed by atoms with Gasteiger partial charge in [-0.2, -0.15) is 11.3 Å². The van der Waals surface area contributed by atoms with Crippen LogP contribution in [0.3, 0.4) is 0 Å². The van der Waals surface area contributed by atoms with Crippen LogP contribution < -0.4 is 5.32 Å². The van der Waals surface area contributed by atoms with Crippen LogP contribution in [0.4, 0.5) is 0 Å². The van der Waals surface area contributed by atoms with E-state index in [1.807, 2.05) is 0 Å². The lowest BCUT2D eigenvalue weighted by molar-refractivity contribution is -0.130. The van der Waals surface area contributed by atoms with Crippen molar-refractivity contribution in [2.24, 2.45) is 5.92 Å². The summed E-state index contributed by atoms with van der Waals surface area (Å²) in [4.78, 5) is 14.1. The predicted molar refractivity (Wildman–Crippen MR) is 68.7 cm³/mol. The van der Waals surface area contributed by atoms with Crippen LogP contribution >= 0.6 is 11.3 Å². The second kappa shape index (κ2) is 4.42. The largest absolute Gasteiger partial charge is 0.319 e. The van der Waals surface area contributed by atoms with Crippen LogP contribution in [-0.2, 0) is 4.79 Å². The number of thiophene rings is 1. The number of nitrogens with zero attached hydrogens (tertiary/aromatic N) is 1. The fourth-order valence-corrected chi connectivity index (χ4v) is 3.75. The molecule has 3 rings (SSSR count). The molecule has 1 N–H and O–H groups in total. The van der Waals surface area contributed by atoms with E-state index in [9.17, 15) is 4.79 Å². The Labute approximate surface area is 106 Å². The van der Waals surface area contributed by atoms with Crippen LogP contribution in [0.25, 0.3) is 0 Å². The first-order valence-corrected chi connectivity index (χ1v) is 7.26. The lowest BCUT2D eigenvalue weighted by atomic mass is 10.1. The van der Waals surface area contributed by atoms with Gasteiger partial charge in [0.1, 0.15) is 6.17 Å². The van der Waals surface area contributed by atoms with Crippen LogP contribution in [0.1, 0.15) is 37.9 Å². The average molecular weight is 250 g/mol. The minimum atomic E-state index is 0.115. The van der Waals surface area contributed by atoms with E-state index in [2.05, 4.69) is 34.0 Å². The van der Waals surface area contributed by atoms with E-state index in [1.54, 1.807) is 11.3 Å². The van der Waals surface area contributed by atoms with Crippen molar-refractivity contribution in [2.75, 3.05) is 6.54 Å². The van der Waals surface area contributed by atoms with Crippen molar-refractivity contribution in [1.82, 2.24) is 10.2 Å². The van der Waals surface area contributed by atoms with Gasteiger partial charge in [0.05, 0.1) is 6.54 Å². The van der Waals surface area contributed by atoms with E-state index < -0.39 is 0 Å². The normalized spacial score (nSPS) is 33.6. The zero-order valence-electron chi connectivity index (χ0n) is 10.1. The van der Waals surface area contributed by atoms with Crippen molar-refractivity contribution < 1.29 is 4.79 Å². The molecule has 1 amide bonds. The summed E-state index contributed by atoms with van der Waals surface area (Å²) >= 11 is 1.69. The molecule has 1 aromatic rings. The predicted octanol–water partition coefficient (Wildman–Crippen LogP) is 2.37. The van der Waals surface area contributed by atoms with Gasteiger partial charge in [-0.1, -0.05) is 6.92 Å². The highest BCUT2D eigenvalue weighted by molar-refractivity contribution is 7.07. The van der Waals surface area contributed by atoms with Crippen LogP contribution in [0.2, 0.25) is 0 Å². The number of hydrogen-bond donors (Lipinski definition) is 1. The summed E-state index contributed by atoms with van der Waals surface area (Å²) in [6, 6.07) is 2.56. The van der Waals surface area contributed by atoms with E-state index in [4.69, 9.17) is 0 Å². The Balaban J connectivity index is 1.82. The SMILES string of the molecule is CC1CCC(N2C(=O)CNC2c2ccsc2)C1. The van der Waals surface area contributed by atoms with Crippen molar-refractivity contribution >= 4 is 17.2 Å². The maximum Gasteiger partial charge on any atom is 0.238 e. The van der Waals surface area contributed by atoms with Crippen LogP contribution in [0, 0.1) is 5.92 Å². The first-order chi connectivity index (χ1) is 8.25. The molecule has 3 unspecified atom stereocenters. The molecule has 4 heteroatoms. The second-order valence-corrected chi connectivity index (χ2v) is 5.99. The molecule has 3 nitrogen and oxygen atoms in total. The van der Waals surface area contributed by atoms with Gasteiger partial charge in [0.25, 0.3) is 0 Å². The maximum absolute atomic E-state index is 12.0. The number of amides is 1. The zero-order chi connectivity index (χ0) is 11.8. The summed E-state index contributed by atoms with van der Waals surface area (Å²) in [6.45, 7) is 2.78. The van der Waals surface area contributed by atoms with Crippen molar-refractivity contribution in [1.29, 1.82) is 0 Å². The molecule has 2 aliphatic rings. The average Bonchev–Trinajstić information content (AvgIpc) is 2.97. The van der Waals surface area contributed by atoms with Gasteiger partial charge in [0.15, 0.2) is 0 Å². The molecule has 0 bridgehead atoms. The molecule has 0 spiro atoms. The quantitative estimate of drug-likeness (QED) is 0.874. The lowest BCUT2D eigenvalue weighted by Gasteiger charge is -2.30. The molecule has 0 radical (unpaired) electrons. The van der Waals surface area contributed by atoms with Crippen LogP contribution in [-0.4, -0.2) is 23.4 Å². The summed E-state index contributed by atoms with van der Waals surface area (Å²) < 4.78 is 0. The molecular formula is C13H18N2OS. The monoisotopic (exact) mass is 250 g/mol. The van der Waals surface area contributed by atoms with Gasteiger partial charge in [-0.3, -0.25) is 10.1 Å². The van der Waals surface area contributed by atoms with Crippen molar-refractivity contribution in [3.05, 3.63) is 22.4 Å². The van der Waals surface area contributed by atoms with E-state index in [0.717, 1.165) is 18.8 Å². The highest BCUT2D eigenvalue weighted by atomic mass is 32.1. The fraction of sp³-hybridized carbons (Fsp3) is 0.615. The topological polar surface area (TPSA) is 32.3 Å². The molecular weight excluding hydrogens is 232 g/mol. The molecule has 1 saturated heterocycles. The van der Waals surface area contributed by atoms with Crippen molar-refractivity contribution in [2.45, 2.75) is 38.4 Å². The molecule has 2 heterocycles. The standard InChI is InChI=1S/C13H18N2OS/c1-9-2-3-11(6-9)15-12(16)7-14-13(15)10-4-5-17-8-10/h4-5,8-9,11,13-14H,2-3,6-7H2,1H3. The molecule has 0 aromatic carbocycles.